The highest BCUT2D eigenvalue weighted by molar-refractivity contribution is 7.92. The van der Waals surface area contributed by atoms with Gasteiger partial charge in [0.2, 0.25) is 0 Å². The molecule has 0 aliphatic rings. The number of anilines is 1. The molecule has 3 rings (SSSR count). The number of H-pyrrole nitrogens is 1. The van der Waals surface area contributed by atoms with E-state index in [-0.39, 0.29) is 9.92 Å². The van der Waals surface area contributed by atoms with E-state index in [4.69, 9.17) is 11.6 Å². The quantitative estimate of drug-likeness (QED) is 0.725. The lowest BCUT2D eigenvalue weighted by atomic mass is 10.1. The van der Waals surface area contributed by atoms with Gasteiger partial charge in [0.1, 0.15) is 4.90 Å². The molecule has 124 valence electrons. The summed E-state index contributed by atoms with van der Waals surface area (Å²) in [5.74, 6) is -1.24. The maximum atomic E-state index is 13.8. The summed E-state index contributed by atoms with van der Waals surface area (Å²) in [4.78, 5) is 6.50. The summed E-state index contributed by atoms with van der Waals surface area (Å²) in [5, 5.41) is 0.0851. The first-order valence-corrected chi connectivity index (χ1v) is 8.85. The van der Waals surface area contributed by atoms with Crippen molar-refractivity contribution in [2.45, 2.75) is 11.3 Å². The van der Waals surface area contributed by atoms with Crippen LogP contribution in [0.2, 0.25) is 5.02 Å². The number of pyridine rings is 1. The SMILES string of the molecule is O=S(=O)(Nc1ncc(Cl)cc1F)c1c[nH]cc1Cc1ccccc1. The van der Waals surface area contributed by atoms with Crippen LogP contribution in [-0.2, 0) is 16.4 Å². The van der Waals surface area contributed by atoms with Gasteiger partial charge in [-0.05, 0) is 17.2 Å². The second-order valence-corrected chi connectivity index (χ2v) is 7.18. The third kappa shape index (κ3) is 3.58. The zero-order valence-electron chi connectivity index (χ0n) is 12.3. The molecule has 0 bridgehead atoms. The Hall–Kier alpha value is -2.38. The van der Waals surface area contributed by atoms with E-state index in [9.17, 15) is 12.8 Å². The second kappa shape index (κ2) is 6.62. The van der Waals surface area contributed by atoms with E-state index in [1.807, 2.05) is 30.3 Å². The number of hydrogen-bond donors (Lipinski definition) is 2. The summed E-state index contributed by atoms with van der Waals surface area (Å²) in [7, 11) is -3.98. The van der Waals surface area contributed by atoms with Crippen LogP contribution in [0, 0.1) is 5.82 Å². The second-order valence-electron chi connectivity index (χ2n) is 5.10. The number of aromatic nitrogens is 2. The smallest absolute Gasteiger partial charge is 0.264 e. The minimum atomic E-state index is -3.98. The number of hydrogen-bond acceptors (Lipinski definition) is 3. The third-order valence-electron chi connectivity index (χ3n) is 3.35. The van der Waals surface area contributed by atoms with Crippen molar-refractivity contribution < 1.29 is 12.8 Å². The minimum Gasteiger partial charge on any atom is -0.366 e. The standard InChI is InChI=1S/C16H13ClFN3O2S/c17-13-7-14(18)16(20-9-13)21-24(22,23)15-10-19-8-12(15)6-11-4-2-1-3-5-11/h1-5,7-10,19H,6H2,(H,20,21). The average Bonchev–Trinajstić information content (AvgIpc) is 3.00. The van der Waals surface area contributed by atoms with Crippen LogP contribution in [0.15, 0.2) is 59.9 Å². The van der Waals surface area contributed by atoms with E-state index in [0.29, 0.717) is 12.0 Å². The Bertz CT molecular complexity index is 958. The Morgan fingerprint density at radius 3 is 2.67 bits per heavy atom. The fourth-order valence-corrected chi connectivity index (χ4v) is 3.62. The molecule has 0 radical (unpaired) electrons. The number of rotatable bonds is 5. The average molecular weight is 366 g/mol. The van der Waals surface area contributed by atoms with E-state index in [1.165, 1.54) is 12.4 Å². The molecule has 0 aliphatic carbocycles. The van der Waals surface area contributed by atoms with E-state index in [2.05, 4.69) is 14.7 Å². The molecule has 3 aromatic rings. The highest BCUT2D eigenvalue weighted by Gasteiger charge is 2.22. The van der Waals surface area contributed by atoms with Gasteiger partial charge in [-0.15, -0.1) is 0 Å². The molecule has 2 heterocycles. The summed E-state index contributed by atoms with van der Waals surface area (Å²) < 4.78 is 41.0. The summed E-state index contributed by atoms with van der Waals surface area (Å²) in [6, 6.07) is 10.4. The van der Waals surface area contributed by atoms with Crippen LogP contribution in [0.4, 0.5) is 10.2 Å². The van der Waals surface area contributed by atoms with Crippen molar-refractivity contribution >= 4 is 27.4 Å². The first-order valence-electron chi connectivity index (χ1n) is 6.99. The number of nitrogens with zero attached hydrogens (tertiary/aromatic N) is 1. The number of nitrogens with one attached hydrogen (secondary N) is 2. The van der Waals surface area contributed by atoms with Crippen molar-refractivity contribution in [3.8, 4) is 0 Å². The lowest BCUT2D eigenvalue weighted by Gasteiger charge is -2.09. The van der Waals surface area contributed by atoms with Crippen molar-refractivity contribution in [3.63, 3.8) is 0 Å². The van der Waals surface area contributed by atoms with Gasteiger partial charge >= 0.3 is 0 Å². The van der Waals surface area contributed by atoms with E-state index < -0.39 is 21.7 Å². The summed E-state index contributed by atoms with van der Waals surface area (Å²) in [6.07, 6.45) is 4.56. The first kappa shape index (κ1) is 16.5. The fourth-order valence-electron chi connectivity index (χ4n) is 2.26. The fraction of sp³-hybridized carbons (Fsp3) is 0.0625. The van der Waals surface area contributed by atoms with Gasteiger partial charge < -0.3 is 4.98 Å². The largest absolute Gasteiger partial charge is 0.366 e. The minimum absolute atomic E-state index is 0.0440. The molecule has 0 fully saturated rings. The molecule has 1 aromatic carbocycles. The van der Waals surface area contributed by atoms with Gasteiger partial charge in [0.25, 0.3) is 10.0 Å². The topological polar surface area (TPSA) is 74.8 Å². The van der Waals surface area contributed by atoms with Gasteiger partial charge in [0.15, 0.2) is 11.6 Å². The van der Waals surface area contributed by atoms with Crippen molar-refractivity contribution in [1.29, 1.82) is 0 Å². The molecule has 2 aromatic heterocycles. The number of halogens is 2. The lowest BCUT2D eigenvalue weighted by molar-refractivity contribution is 0.597. The zero-order chi connectivity index (χ0) is 17.2. The van der Waals surface area contributed by atoms with Crippen molar-refractivity contribution in [2.24, 2.45) is 0 Å². The Balaban J connectivity index is 1.89. The Morgan fingerprint density at radius 2 is 1.96 bits per heavy atom. The molecule has 0 unspecified atom stereocenters. The molecule has 0 spiro atoms. The summed E-state index contributed by atoms with van der Waals surface area (Å²) in [5.41, 5.74) is 1.53. The molecule has 0 saturated carbocycles. The van der Waals surface area contributed by atoms with Crippen molar-refractivity contribution in [3.05, 3.63) is 77.0 Å². The van der Waals surface area contributed by atoms with Gasteiger partial charge in [-0.3, -0.25) is 4.72 Å². The maximum absolute atomic E-state index is 13.8. The molecule has 0 amide bonds. The van der Waals surface area contributed by atoms with Gasteiger partial charge in [-0.2, -0.15) is 0 Å². The maximum Gasteiger partial charge on any atom is 0.264 e. The molecule has 24 heavy (non-hydrogen) atoms. The first-order chi connectivity index (χ1) is 11.5. The highest BCUT2D eigenvalue weighted by atomic mass is 35.5. The Morgan fingerprint density at radius 1 is 1.21 bits per heavy atom. The predicted molar refractivity (Wildman–Crippen MR) is 90.1 cm³/mol. The lowest BCUT2D eigenvalue weighted by Crippen LogP contribution is -2.16. The monoisotopic (exact) mass is 365 g/mol. The van der Waals surface area contributed by atoms with Crippen LogP contribution in [-0.4, -0.2) is 18.4 Å². The summed E-state index contributed by atoms with van der Waals surface area (Å²) >= 11 is 5.62. The van der Waals surface area contributed by atoms with Gasteiger partial charge in [-0.25, -0.2) is 17.8 Å². The van der Waals surface area contributed by atoms with Crippen LogP contribution in [0.5, 0.6) is 0 Å². The number of sulfonamides is 1. The van der Waals surface area contributed by atoms with E-state index in [0.717, 1.165) is 11.6 Å². The molecule has 2 N–H and O–H groups in total. The van der Waals surface area contributed by atoms with Crippen molar-refractivity contribution in [2.75, 3.05) is 4.72 Å². The molecule has 8 heteroatoms. The van der Waals surface area contributed by atoms with Gasteiger partial charge in [0, 0.05) is 25.0 Å². The van der Waals surface area contributed by atoms with Crippen LogP contribution in [0.25, 0.3) is 0 Å². The molecule has 0 saturated heterocycles. The Kier molecular flexibility index (Phi) is 4.55. The van der Waals surface area contributed by atoms with E-state index >= 15 is 0 Å². The van der Waals surface area contributed by atoms with Crippen LogP contribution in [0.1, 0.15) is 11.1 Å². The number of benzene rings is 1. The highest BCUT2D eigenvalue weighted by Crippen LogP contribution is 2.23. The number of aromatic amines is 1. The zero-order valence-corrected chi connectivity index (χ0v) is 13.9. The molecular weight excluding hydrogens is 353 g/mol. The predicted octanol–water partition coefficient (Wildman–Crippen LogP) is 3.59. The summed E-state index contributed by atoms with van der Waals surface area (Å²) in [6.45, 7) is 0. The van der Waals surface area contributed by atoms with Crippen molar-refractivity contribution in [1.82, 2.24) is 9.97 Å². The van der Waals surface area contributed by atoms with Gasteiger partial charge in [0.05, 0.1) is 5.02 Å². The normalized spacial score (nSPS) is 11.4. The van der Waals surface area contributed by atoms with Gasteiger partial charge in [-0.1, -0.05) is 41.9 Å². The molecule has 0 aliphatic heterocycles. The molecular formula is C16H13ClFN3O2S. The Labute approximate surface area is 143 Å². The van der Waals surface area contributed by atoms with Crippen LogP contribution in [0.3, 0.4) is 0 Å². The van der Waals surface area contributed by atoms with Crippen LogP contribution >= 0.6 is 11.6 Å². The molecule has 0 atom stereocenters. The third-order valence-corrected chi connectivity index (χ3v) is 4.98. The molecule has 5 nitrogen and oxygen atoms in total. The van der Waals surface area contributed by atoms with Crippen LogP contribution < -0.4 is 4.72 Å². The van der Waals surface area contributed by atoms with E-state index in [1.54, 1.807) is 6.20 Å².